The van der Waals surface area contributed by atoms with E-state index in [1.54, 1.807) is 10.9 Å². The highest BCUT2D eigenvalue weighted by atomic mass is 19.3. The Hall–Kier alpha value is -2.24. The molecule has 0 radical (unpaired) electrons. The number of imidazole rings is 1. The summed E-state index contributed by atoms with van der Waals surface area (Å²) in [6.45, 7) is 1.70. The fraction of sp³-hybridized carbons (Fsp3) is 0.444. The quantitative estimate of drug-likeness (QED) is 0.748. The molecule has 1 heterocycles. The van der Waals surface area contributed by atoms with E-state index >= 15 is 0 Å². The van der Waals surface area contributed by atoms with Gasteiger partial charge in [0.2, 0.25) is 6.43 Å². The maximum Gasteiger partial charge on any atom is 0.356 e. The van der Waals surface area contributed by atoms with Crippen molar-refractivity contribution >= 4 is 5.97 Å². The van der Waals surface area contributed by atoms with Gasteiger partial charge in [0.1, 0.15) is 12.3 Å². The van der Waals surface area contributed by atoms with Crippen LogP contribution in [0.2, 0.25) is 0 Å². The van der Waals surface area contributed by atoms with E-state index in [4.69, 9.17) is 4.74 Å². The first-order chi connectivity index (χ1) is 11.5. The molecule has 1 saturated carbocycles. The number of nitrogens with zero attached hydrogens (tertiary/aromatic N) is 2. The number of alkyl halides is 2. The van der Waals surface area contributed by atoms with Gasteiger partial charge in [0.25, 0.3) is 0 Å². The fourth-order valence-electron chi connectivity index (χ4n) is 3.00. The van der Waals surface area contributed by atoms with Gasteiger partial charge in [-0.05, 0) is 25.3 Å². The molecule has 2 aromatic rings. The van der Waals surface area contributed by atoms with E-state index in [0.29, 0.717) is 12.8 Å². The second-order valence-corrected chi connectivity index (χ2v) is 6.37. The van der Waals surface area contributed by atoms with Gasteiger partial charge < -0.3 is 9.30 Å². The zero-order valence-corrected chi connectivity index (χ0v) is 13.5. The lowest BCUT2D eigenvalue weighted by atomic mass is 9.69. The zero-order chi connectivity index (χ0) is 17.2. The molecular formula is C18H20F2N2O2. The summed E-state index contributed by atoms with van der Waals surface area (Å²) in [5, 5.41) is 0. The van der Waals surface area contributed by atoms with Gasteiger partial charge in [0.05, 0.1) is 24.0 Å². The minimum absolute atomic E-state index is 0.107. The maximum absolute atomic E-state index is 13.1. The summed E-state index contributed by atoms with van der Waals surface area (Å²) in [5.41, 5.74) is 0.133. The number of rotatable bonds is 6. The van der Waals surface area contributed by atoms with Crippen molar-refractivity contribution in [1.82, 2.24) is 9.55 Å². The van der Waals surface area contributed by atoms with Crippen LogP contribution in [0.1, 0.15) is 48.3 Å². The number of esters is 1. The van der Waals surface area contributed by atoms with E-state index in [1.165, 1.54) is 6.20 Å². The molecule has 0 spiro atoms. The summed E-state index contributed by atoms with van der Waals surface area (Å²) in [6.07, 6.45) is 2.06. The van der Waals surface area contributed by atoms with Crippen LogP contribution in [0.5, 0.6) is 0 Å². The van der Waals surface area contributed by atoms with E-state index in [1.807, 2.05) is 37.3 Å². The molecule has 1 aliphatic carbocycles. The van der Waals surface area contributed by atoms with Crippen molar-refractivity contribution < 1.29 is 18.3 Å². The molecule has 0 N–H and O–H groups in total. The molecule has 0 aliphatic heterocycles. The van der Waals surface area contributed by atoms with Crippen molar-refractivity contribution in [2.24, 2.45) is 5.41 Å². The number of hydrogen-bond acceptors (Lipinski definition) is 3. The van der Waals surface area contributed by atoms with Gasteiger partial charge >= 0.3 is 5.97 Å². The first-order valence-corrected chi connectivity index (χ1v) is 8.05. The molecule has 1 unspecified atom stereocenters. The normalized spacial score (nSPS) is 17.3. The molecular weight excluding hydrogens is 314 g/mol. The van der Waals surface area contributed by atoms with Crippen LogP contribution in [0.15, 0.2) is 42.9 Å². The summed E-state index contributed by atoms with van der Waals surface area (Å²) >= 11 is 0. The Kier molecular flexibility index (Phi) is 4.64. The molecule has 1 atom stereocenters. The first-order valence-electron chi connectivity index (χ1n) is 8.05. The number of ether oxygens (including phenoxy) is 1. The van der Waals surface area contributed by atoms with Gasteiger partial charge in [-0.1, -0.05) is 36.8 Å². The lowest BCUT2D eigenvalue weighted by Crippen LogP contribution is -2.41. The number of carbonyl (C=O) groups excluding carboxylic acids is 1. The van der Waals surface area contributed by atoms with Crippen molar-refractivity contribution in [3.63, 3.8) is 0 Å². The molecule has 4 nitrogen and oxygen atoms in total. The van der Waals surface area contributed by atoms with E-state index in [-0.39, 0.29) is 18.3 Å². The highest BCUT2D eigenvalue weighted by Crippen LogP contribution is 2.46. The Bertz CT molecular complexity index is 696. The topological polar surface area (TPSA) is 44.1 Å². The van der Waals surface area contributed by atoms with Crippen LogP contribution >= 0.6 is 0 Å². The van der Waals surface area contributed by atoms with Crippen molar-refractivity contribution in [2.75, 3.05) is 6.61 Å². The first kappa shape index (κ1) is 16.6. The highest BCUT2D eigenvalue weighted by Gasteiger charge is 2.46. The lowest BCUT2D eigenvalue weighted by Gasteiger charge is -2.40. The number of carbonyl (C=O) groups is 1. The molecule has 1 aliphatic rings. The van der Waals surface area contributed by atoms with E-state index < -0.39 is 17.8 Å². The smallest absolute Gasteiger partial charge is 0.356 e. The van der Waals surface area contributed by atoms with Gasteiger partial charge in [-0.25, -0.2) is 18.6 Å². The van der Waals surface area contributed by atoms with Crippen molar-refractivity contribution in [2.45, 2.75) is 38.7 Å². The monoisotopic (exact) mass is 334 g/mol. The Labute approximate surface area is 139 Å². The molecule has 3 rings (SSSR count). The molecule has 24 heavy (non-hydrogen) atoms. The predicted octanol–water partition coefficient (Wildman–Crippen LogP) is 4.08. The summed E-state index contributed by atoms with van der Waals surface area (Å²) in [5.74, 6) is -0.609. The third-order valence-electron chi connectivity index (χ3n) is 4.88. The summed E-state index contributed by atoms with van der Waals surface area (Å²) in [6, 6.07) is 9.57. The van der Waals surface area contributed by atoms with Gasteiger partial charge in [-0.3, -0.25) is 0 Å². The van der Waals surface area contributed by atoms with E-state index in [0.717, 1.165) is 12.0 Å². The average molecular weight is 334 g/mol. The standard InChI is InChI=1S/C18H20F2N2O2/c1-13(14-6-3-2-4-7-14)22-12-21-10-15(22)16(23)24-11-18(17(19)20)8-5-9-18/h2-4,6-7,10,12-13,17H,5,8-9,11H2,1H3. The molecule has 0 amide bonds. The predicted molar refractivity (Wildman–Crippen MR) is 85.1 cm³/mol. The molecule has 1 aromatic carbocycles. The van der Waals surface area contributed by atoms with Gasteiger partial charge in [0, 0.05) is 0 Å². The largest absolute Gasteiger partial charge is 0.460 e. The van der Waals surface area contributed by atoms with Crippen LogP contribution in [0, 0.1) is 5.41 Å². The summed E-state index contributed by atoms with van der Waals surface area (Å²) < 4.78 is 33.2. The van der Waals surface area contributed by atoms with Gasteiger partial charge in [0.15, 0.2) is 0 Å². The van der Waals surface area contributed by atoms with Crippen LogP contribution < -0.4 is 0 Å². The Balaban J connectivity index is 1.72. The SMILES string of the molecule is CC(c1ccccc1)n1cncc1C(=O)OCC1(C(F)F)CCC1. The van der Waals surface area contributed by atoms with E-state index in [2.05, 4.69) is 4.98 Å². The fourth-order valence-corrected chi connectivity index (χ4v) is 3.00. The third-order valence-corrected chi connectivity index (χ3v) is 4.88. The van der Waals surface area contributed by atoms with E-state index in [9.17, 15) is 13.6 Å². The minimum atomic E-state index is -2.47. The minimum Gasteiger partial charge on any atom is -0.460 e. The molecule has 1 fully saturated rings. The van der Waals surface area contributed by atoms with Crippen LogP contribution in [-0.2, 0) is 4.74 Å². The van der Waals surface area contributed by atoms with Crippen molar-refractivity contribution in [3.05, 3.63) is 54.1 Å². The molecule has 6 heteroatoms. The number of hydrogen-bond donors (Lipinski definition) is 0. The van der Waals surface area contributed by atoms with Crippen LogP contribution in [0.4, 0.5) is 8.78 Å². The molecule has 1 aromatic heterocycles. The van der Waals surface area contributed by atoms with Crippen LogP contribution in [0.3, 0.4) is 0 Å². The van der Waals surface area contributed by atoms with Crippen molar-refractivity contribution in [3.8, 4) is 0 Å². The summed E-state index contributed by atoms with van der Waals surface area (Å²) in [7, 11) is 0. The Morgan fingerprint density at radius 1 is 1.33 bits per heavy atom. The highest BCUT2D eigenvalue weighted by molar-refractivity contribution is 5.87. The zero-order valence-electron chi connectivity index (χ0n) is 13.5. The maximum atomic E-state index is 13.1. The lowest BCUT2D eigenvalue weighted by molar-refractivity contribution is -0.0970. The average Bonchev–Trinajstić information content (AvgIpc) is 3.03. The van der Waals surface area contributed by atoms with Crippen LogP contribution in [0.25, 0.3) is 0 Å². The second kappa shape index (κ2) is 6.71. The molecule has 0 bridgehead atoms. The van der Waals surface area contributed by atoms with Gasteiger partial charge in [-0.15, -0.1) is 0 Å². The van der Waals surface area contributed by atoms with Crippen molar-refractivity contribution in [1.29, 1.82) is 0 Å². The van der Waals surface area contributed by atoms with Crippen LogP contribution in [-0.4, -0.2) is 28.6 Å². The molecule has 0 saturated heterocycles. The molecule has 128 valence electrons. The number of halogens is 2. The number of aromatic nitrogens is 2. The van der Waals surface area contributed by atoms with Gasteiger partial charge in [-0.2, -0.15) is 0 Å². The Morgan fingerprint density at radius 3 is 2.62 bits per heavy atom. The second-order valence-electron chi connectivity index (χ2n) is 6.37. The Morgan fingerprint density at radius 2 is 2.04 bits per heavy atom. The third kappa shape index (κ3) is 3.05. The number of benzene rings is 1. The summed E-state index contributed by atoms with van der Waals surface area (Å²) in [4.78, 5) is 16.4.